The van der Waals surface area contributed by atoms with Crippen molar-refractivity contribution in [1.82, 2.24) is 4.57 Å². The average molecular weight is 197 g/mol. The summed E-state index contributed by atoms with van der Waals surface area (Å²) in [6, 6.07) is 5.09. The van der Waals surface area contributed by atoms with E-state index in [-0.39, 0.29) is 5.56 Å². The van der Waals surface area contributed by atoms with Gasteiger partial charge >= 0.3 is 0 Å². The van der Waals surface area contributed by atoms with Gasteiger partial charge in [-0.1, -0.05) is 6.07 Å². The van der Waals surface area contributed by atoms with Gasteiger partial charge in [-0.05, 0) is 6.07 Å². The molecule has 0 aromatic carbocycles. The van der Waals surface area contributed by atoms with Crippen molar-refractivity contribution in [2.45, 2.75) is 6.54 Å². The summed E-state index contributed by atoms with van der Waals surface area (Å²) in [4.78, 5) is 11.2. The van der Waals surface area contributed by atoms with E-state index in [4.69, 9.17) is 9.47 Å². The minimum atomic E-state index is 0.00263. The largest absolute Gasteiger partial charge is 0.382 e. The van der Waals surface area contributed by atoms with Crippen molar-refractivity contribution in [3.63, 3.8) is 0 Å². The van der Waals surface area contributed by atoms with Crippen LogP contribution >= 0.6 is 0 Å². The lowest BCUT2D eigenvalue weighted by Crippen LogP contribution is -2.20. The Hall–Kier alpha value is -1.13. The Labute approximate surface area is 83.1 Å². The molecule has 78 valence electrons. The van der Waals surface area contributed by atoms with E-state index in [2.05, 4.69) is 0 Å². The van der Waals surface area contributed by atoms with Crippen molar-refractivity contribution in [2.24, 2.45) is 0 Å². The predicted octanol–water partition coefficient (Wildman–Crippen LogP) is 0.511. The Morgan fingerprint density at radius 1 is 1.29 bits per heavy atom. The highest BCUT2D eigenvalue weighted by atomic mass is 16.5. The first-order valence-electron chi connectivity index (χ1n) is 4.57. The molecule has 4 nitrogen and oxygen atoms in total. The van der Waals surface area contributed by atoms with Crippen LogP contribution in [0.25, 0.3) is 0 Å². The molecule has 1 heterocycles. The summed E-state index contributed by atoms with van der Waals surface area (Å²) in [6.45, 7) is 2.28. The zero-order chi connectivity index (χ0) is 10.2. The number of ether oxygens (including phenoxy) is 2. The van der Waals surface area contributed by atoms with Crippen LogP contribution in [0.5, 0.6) is 0 Å². The number of aromatic nitrogens is 1. The quantitative estimate of drug-likeness (QED) is 0.624. The Kier molecular flexibility index (Phi) is 4.96. The molecule has 4 heteroatoms. The molecular formula is C10H15NO3. The van der Waals surface area contributed by atoms with Crippen molar-refractivity contribution in [3.05, 3.63) is 34.7 Å². The lowest BCUT2D eigenvalue weighted by molar-refractivity contribution is 0.0663. The molecule has 14 heavy (non-hydrogen) atoms. The van der Waals surface area contributed by atoms with Gasteiger partial charge in [0.15, 0.2) is 0 Å². The van der Waals surface area contributed by atoms with Crippen LogP contribution in [0.3, 0.4) is 0 Å². The Bertz CT molecular complexity index is 308. The molecule has 0 aliphatic carbocycles. The van der Waals surface area contributed by atoms with Gasteiger partial charge in [-0.3, -0.25) is 4.79 Å². The number of rotatable bonds is 6. The Morgan fingerprint density at radius 2 is 2.14 bits per heavy atom. The van der Waals surface area contributed by atoms with Gasteiger partial charge in [-0.15, -0.1) is 0 Å². The lowest BCUT2D eigenvalue weighted by atomic mass is 10.5. The normalized spacial score (nSPS) is 10.4. The minimum absolute atomic E-state index is 0.00263. The summed E-state index contributed by atoms with van der Waals surface area (Å²) in [5.74, 6) is 0. The van der Waals surface area contributed by atoms with Crippen molar-refractivity contribution in [2.75, 3.05) is 26.9 Å². The van der Waals surface area contributed by atoms with Gasteiger partial charge in [-0.25, -0.2) is 0 Å². The molecule has 0 amide bonds. The maximum absolute atomic E-state index is 11.2. The summed E-state index contributed by atoms with van der Waals surface area (Å²) >= 11 is 0. The second kappa shape index (κ2) is 6.34. The molecule has 0 aliphatic rings. The molecular weight excluding hydrogens is 182 g/mol. The molecule has 1 aromatic rings. The van der Waals surface area contributed by atoms with Crippen LogP contribution in [0.1, 0.15) is 0 Å². The zero-order valence-corrected chi connectivity index (χ0v) is 8.31. The molecule has 0 bridgehead atoms. The molecule has 0 unspecified atom stereocenters. The van der Waals surface area contributed by atoms with Crippen LogP contribution in [0.2, 0.25) is 0 Å². The van der Waals surface area contributed by atoms with Gasteiger partial charge in [-0.2, -0.15) is 0 Å². The lowest BCUT2D eigenvalue weighted by Gasteiger charge is -2.05. The topological polar surface area (TPSA) is 40.5 Å². The highest BCUT2D eigenvalue weighted by molar-refractivity contribution is 4.92. The van der Waals surface area contributed by atoms with Gasteiger partial charge in [0, 0.05) is 25.9 Å². The van der Waals surface area contributed by atoms with E-state index in [0.717, 1.165) is 0 Å². The first-order chi connectivity index (χ1) is 6.84. The molecule has 0 radical (unpaired) electrons. The van der Waals surface area contributed by atoms with Gasteiger partial charge in [0.25, 0.3) is 5.56 Å². The van der Waals surface area contributed by atoms with Crippen molar-refractivity contribution >= 4 is 0 Å². The number of hydrogen-bond donors (Lipinski definition) is 0. The van der Waals surface area contributed by atoms with Crippen LogP contribution in [0.15, 0.2) is 29.2 Å². The number of pyridine rings is 1. The molecule has 0 aliphatic heterocycles. The van der Waals surface area contributed by atoms with Crippen LogP contribution in [0.4, 0.5) is 0 Å². The first kappa shape index (κ1) is 10.9. The second-order valence-corrected chi connectivity index (χ2v) is 2.84. The monoisotopic (exact) mass is 197 g/mol. The van der Waals surface area contributed by atoms with Crippen LogP contribution < -0.4 is 5.56 Å². The van der Waals surface area contributed by atoms with E-state index >= 15 is 0 Å². The fourth-order valence-electron chi connectivity index (χ4n) is 1.05. The fourth-order valence-corrected chi connectivity index (χ4v) is 1.05. The molecule has 1 aromatic heterocycles. The Morgan fingerprint density at radius 3 is 2.86 bits per heavy atom. The van der Waals surface area contributed by atoms with E-state index in [9.17, 15) is 4.79 Å². The predicted molar refractivity (Wildman–Crippen MR) is 53.4 cm³/mol. The zero-order valence-electron chi connectivity index (χ0n) is 8.31. The highest BCUT2D eigenvalue weighted by Gasteiger charge is 1.93. The molecule has 1 rings (SSSR count). The molecule has 0 saturated carbocycles. The van der Waals surface area contributed by atoms with Crippen LogP contribution in [0, 0.1) is 0 Å². The van der Waals surface area contributed by atoms with Gasteiger partial charge in [0.05, 0.1) is 19.8 Å². The van der Waals surface area contributed by atoms with E-state index in [0.29, 0.717) is 26.4 Å². The van der Waals surface area contributed by atoms with E-state index in [1.54, 1.807) is 23.9 Å². The maximum Gasteiger partial charge on any atom is 0.250 e. The van der Waals surface area contributed by atoms with Gasteiger partial charge in [0.1, 0.15) is 0 Å². The number of methoxy groups -OCH3 is 1. The third-order valence-electron chi connectivity index (χ3n) is 1.81. The maximum atomic E-state index is 11.2. The summed E-state index contributed by atoms with van der Waals surface area (Å²) in [7, 11) is 1.63. The van der Waals surface area contributed by atoms with E-state index in [1.807, 2.05) is 6.07 Å². The second-order valence-electron chi connectivity index (χ2n) is 2.84. The highest BCUT2D eigenvalue weighted by Crippen LogP contribution is 1.84. The smallest absolute Gasteiger partial charge is 0.250 e. The third-order valence-corrected chi connectivity index (χ3v) is 1.81. The standard InChI is InChI=1S/C10H15NO3/c1-13-8-9-14-7-6-11-5-3-2-4-10(11)12/h2-5H,6-9H2,1H3. The van der Waals surface area contributed by atoms with Crippen LogP contribution in [-0.2, 0) is 16.0 Å². The molecule has 0 fully saturated rings. The number of nitrogens with zero attached hydrogens (tertiary/aromatic N) is 1. The first-order valence-corrected chi connectivity index (χ1v) is 4.57. The van der Waals surface area contributed by atoms with E-state index in [1.165, 1.54) is 6.07 Å². The SMILES string of the molecule is COCCOCCn1ccccc1=O. The molecule has 0 saturated heterocycles. The summed E-state index contributed by atoms with van der Waals surface area (Å²) in [5.41, 5.74) is 0.00263. The van der Waals surface area contributed by atoms with Crippen molar-refractivity contribution in [1.29, 1.82) is 0 Å². The summed E-state index contributed by atoms with van der Waals surface area (Å²) in [5, 5.41) is 0. The van der Waals surface area contributed by atoms with Crippen molar-refractivity contribution < 1.29 is 9.47 Å². The Balaban J connectivity index is 2.25. The summed E-state index contributed by atoms with van der Waals surface area (Å²) < 4.78 is 11.7. The minimum Gasteiger partial charge on any atom is -0.382 e. The van der Waals surface area contributed by atoms with Crippen LogP contribution in [-0.4, -0.2) is 31.5 Å². The van der Waals surface area contributed by atoms with E-state index < -0.39 is 0 Å². The fraction of sp³-hybridized carbons (Fsp3) is 0.500. The number of hydrogen-bond acceptors (Lipinski definition) is 3. The van der Waals surface area contributed by atoms with Gasteiger partial charge in [0.2, 0.25) is 0 Å². The average Bonchev–Trinajstić information content (AvgIpc) is 2.20. The van der Waals surface area contributed by atoms with Gasteiger partial charge < -0.3 is 14.0 Å². The molecule has 0 N–H and O–H groups in total. The van der Waals surface area contributed by atoms with Crippen molar-refractivity contribution in [3.8, 4) is 0 Å². The molecule has 0 atom stereocenters. The molecule has 0 spiro atoms. The summed E-state index contributed by atoms with van der Waals surface area (Å²) in [6.07, 6.45) is 1.75. The third kappa shape index (κ3) is 3.72.